The van der Waals surface area contributed by atoms with Crippen LogP contribution < -0.4 is 10.6 Å². The fourth-order valence-corrected chi connectivity index (χ4v) is 2.62. The van der Waals surface area contributed by atoms with E-state index in [1.165, 1.54) is 0 Å². The molecule has 0 aromatic carbocycles. The molecule has 0 aliphatic rings. The summed E-state index contributed by atoms with van der Waals surface area (Å²) in [6.45, 7) is 1.11. The minimum Gasteiger partial charge on any atom is -0.385 e. The predicted octanol–water partition coefficient (Wildman–Crippen LogP) is 1.13. The van der Waals surface area contributed by atoms with Gasteiger partial charge >= 0.3 is 4.87 Å². The largest absolute Gasteiger partial charge is 0.385 e. The number of nitrogens with two attached hydrogens (primary N) is 1. The average Bonchev–Trinajstić information content (AvgIpc) is 2.57. The normalized spacial score (nSPS) is 11.2. The Kier molecular flexibility index (Phi) is 3.60. The molecule has 17 heavy (non-hydrogen) atoms. The van der Waals surface area contributed by atoms with Crippen LogP contribution in [0.2, 0.25) is 5.15 Å². The molecule has 2 N–H and O–H groups in total. The van der Waals surface area contributed by atoms with Crippen LogP contribution in [0, 0.1) is 0 Å². The van der Waals surface area contributed by atoms with E-state index in [-0.39, 0.29) is 16.0 Å². The van der Waals surface area contributed by atoms with E-state index in [1.807, 2.05) is 0 Å². The third-order valence-electron chi connectivity index (χ3n) is 2.22. The van der Waals surface area contributed by atoms with Crippen molar-refractivity contribution in [1.82, 2.24) is 14.5 Å². The number of aromatic nitrogens is 3. The molecule has 0 unspecified atom stereocenters. The summed E-state index contributed by atoms with van der Waals surface area (Å²) >= 11 is 6.94. The lowest BCUT2D eigenvalue weighted by atomic mass is 10.4. The molecule has 0 spiro atoms. The number of halogens is 1. The average molecular weight is 275 g/mol. The molecule has 0 atom stereocenters. The molecule has 0 saturated carbocycles. The molecule has 0 bridgehead atoms. The number of methoxy groups -OCH3 is 1. The number of thiazole rings is 1. The zero-order valence-corrected chi connectivity index (χ0v) is 10.7. The minimum atomic E-state index is -0.113. The van der Waals surface area contributed by atoms with Gasteiger partial charge in [-0.05, 0) is 6.42 Å². The maximum atomic E-state index is 11.8. The summed E-state index contributed by atoms with van der Waals surface area (Å²) in [7, 11) is 1.62. The zero-order valence-electron chi connectivity index (χ0n) is 9.14. The van der Waals surface area contributed by atoms with Crippen molar-refractivity contribution in [1.29, 1.82) is 0 Å². The Morgan fingerprint density at radius 1 is 1.53 bits per heavy atom. The van der Waals surface area contributed by atoms with Gasteiger partial charge in [0.25, 0.3) is 0 Å². The number of anilines is 1. The van der Waals surface area contributed by atoms with Crippen molar-refractivity contribution in [2.45, 2.75) is 13.0 Å². The van der Waals surface area contributed by atoms with Crippen molar-refractivity contribution in [3.8, 4) is 0 Å². The second-order valence-electron chi connectivity index (χ2n) is 3.39. The SMILES string of the molecule is COCCCn1c(=O)sc2c(Cl)nc(N)nc21. The summed E-state index contributed by atoms with van der Waals surface area (Å²) in [5.74, 6) is 0.0702. The Labute approximate surface area is 106 Å². The Morgan fingerprint density at radius 2 is 2.29 bits per heavy atom. The molecule has 0 amide bonds. The molecule has 0 fully saturated rings. The van der Waals surface area contributed by atoms with Crippen LogP contribution in [0.15, 0.2) is 4.79 Å². The van der Waals surface area contributed by atoms with Crippen LogP contribution in [0.1, 0.15) is 6.42 Å². The van der Waals surface area contributed by atoms with Crippen LogP contribution in [0.25, 0.3) is 10.3 Å². The molecule has 2 rings (SSSR count). The van der Waals surface area contributed by atoms with E-state index in [2.05, 4.69) is 9.97 Å². The first-order chi connectivity index (χ1) is 8.13. The van der Waals surface area contributed by atoms with Gasteiger partial charge in [0.1, 0.15) is 4.70 Å². The van der Waals surface area contributed by atoms with E-state index in [0.29, 0.717) is 23.5 Å². The van der Waals surface area contributed by atoms with Gasteiger partial charge in [-0.1, -0.05) is 22.9 Å². The van der Waals surface area contributed by atoms with Gasteiger partial charge < -0.3 is 10.5 Å². The van der Waals surface area contributed by atoms with Gasteiger partial charge in [-0.3, -0.25) is 9.36 Å². The Morgan fingerprint density at radius 3 is 3.00 bits per heavy atom. The number of hydrogen-bond donors (Lipinski definition) is 1. The molecule has 0 aliphatic carbocycles. The first-order valence-electron chi connectivity index (χ1n) is 4.94. The molecule has 8 heteroatoms. The van der Waals surface area contributed by atoms with E-state index < -0.39 is 0 Å². The topological polar surface area (TPSA) is 83.0 Å². The molecule has 2 heterocycles. The van der Waals surface area contributed by atoms with Crippen LogP contribution in [0.3, 0.4) is 0 Å². The van der Waals surface area contributed by atoms with Crippen molar-refractivity contribution in [3.05, 3.63) is 14.8 Å². The fraction of sp³-hybridized carbons (Fsp3) is 0.444. The van der Waals surface area contributed by atoms with Gasteiger partial charge in [-0.2, -0.15) is 9.97 Å². The highest BCUT2D eigenvalue weighted by atomic mass is 35.5. The molecule has 2 aromatic rings. The van der Waals surface area contributed by atoms with E-state index in [0.717, 1.165) is 17.8 Å². The van der Waals surface area contributed by atoms with Gasteiger partial charge in [-0.25, -0.2) is 0 Å². The summed E-state index contributed by atoms with van der Waals surface area (Å²) in [5, 5.41) is 0.222. The maximum Gasteiger partial charge on any atom is 0.309 e. The smallest absolute Gasteiger partial charge is 0.309 e. The number of fused-ring (bicyclic) bond motifs is 1. The summed E-state index contributed by atoms with van der Waals surface area (Å²) < 4.78 is 7.06. The summed E-state index contributed by atoms with van der Waals surface area (Å²) in [5.41, 5.74) is 6.01. The molecule has 0 saturated heterocycles. The van der Waals surface area contributed by atoms with Gasteiger partial charge in [-0.15, -0.1) is 0 Å². The monoisotopic (exact) mass is 274 g/mol. The lowest BCUT2D eigenvalue weighted by Gasteiger charge is -2.02. The second-order valence-corrected chi connectivity index (χ2v) is 4.71. The fourth-order valence-electron chi connectivity index (χ4n) is 1.49. The third-order valence-corrected chi connectivity index (χ3v) is 3.58. The van der Waals surface area contributed by atoms with Crippen LogP contribution in [-0.2, 0) is 11.3 Å². The number of nitrogen functional groups attached to an aromatic ring is 1. The van der Waals surface area contributed by atoms with Crippen LogP contribution in [0.5, 0.6) is 0 Å². The van der Waals surface area contributed by atoms with Crippen molar-refractivity contribution in [2.24, 2.45) is 0 Å². The van der Waals surface area contributed by atoms with Crippen molar-refractivity contribution in [2.75, 3.05) is 19.5 Å². The first kappa shape index (κ1) is 12.3. The number of ether oxygens (including phenoxy) is 1. The van der Waals surface area contributed by atoms with Crippen LogP contribution in [0.4, 0.5) is 5.95 Å². The van der Waals surface area contributed by atoms with Gasteiger partial charge in [0.15, 0.2) is 10.8 Å². The summed E-state index contributed by atoms with van der Waals surface area (Å²) in [6.07, 6.45) is 0.726. The van der Waals surface area contributed by atoms with E-state index in [9.17, 15) is 4.79 Å². The lowest BCUT2D eigenvalue weighted by Crippen LogP contribution is -2.15. The third kappa shape index (κ3) is 2.41. The second kappa shape index (κ2) is 4.99. The Bertz CT molecular complexity index is 594. The first-order valence-corrected chi connectivity index (χ1v) is 6.14. The van der Waals surface area contributed by atoms with E-state index in [1.54, 1.807) is 11.7 Å². The minimum absolute atomic E-state index is 0.0702. The predicted molar refractivity (Wildman–Crippen MR) is 67.6 cm³/mol. The van der Waals surface area contributed by atoms with Gasteiger partial charge in [0.2, 0.25) is 5.95 Å². The molecule has 0 aliphatic heterocycles. The van der Waals surface area contributed by atoms with Crippen molar-refractivity contribution in [3.63, 3.8) is 0 Å². The van der Waals surface area contributed by atoms with Crippen LogP contribution >= 0.6 is 22.9 Å². The molecular weight excluding hydrogens is 264 g/mol. The molecule has 2 aromatic heterocycles. The summed E-state index contributed by atoms with van der Waals surface area (Å²) in [4.78, 5) is 19.5. The van der Waals surface area contributed by atoms with Gasteiger partial charge in [0.05, 0.1) is 0 Å². The van der Waals surface area contributed by atoms with Crippen molar-refractivity contribution >= 4 is 39.2 Å². The Hall–Kier alpha value is -1.18. The van der Waals surface area contributed by atoms with E-state index >= 15 is 0 Å². The standard InChI is InChI=1S/C9H11ClN4O2S/c1-16-4-2-3-14-7-5(17-9(14)15)6(10)12-8(11)13-7/h2-4H2,1H3,(H2,11,12,13). The zero-order chi connectivity index (χ0) is 12.4. The number of nitrogens with zero attached hydrogens (tertiary/aromatic N) is 3. The summed E-state index contributed by atoms with van der Waals surface area (Å²) in [6, 6.07) is 0. The highest BCUT2D eigenvalue weighted by Gasteiger charge is 2.13. The number of rotatable bonds is 4. The highest BCUT2D eigenvalue weighted by molar-refractivity contribution is 7.17. The Balaban J connectivity index is 2.47. The lowest BCUT2D eigenvalue weighted by molar-refractivity contribution is 0.190. The molecule has 6 nitrogen and oxygen atoms in total. The quantitative estimate of drug-likeness (QED) is 0.667. The molecule has 0 radical (unpaired) electrons. The number of hydrogen-bond acceptors (Lipinski definition) is 6. The highest BCUT2D eigenvalue weighted by Crippen LogP contribution is 2.23. The van der Waals surface area contributed by atoms with Crippen LogP contribution in [-0.4, -0.2) is 28.3 Å². The maximum absolute atomic E-state index is 11.8. The molecule has 92 valence electrons. The van der Waals surface area contributed by atoms with E-state index in [4.69, 9.17) is 22.1 Å². The number of aryl methyl sites for hydroxylation is 1. The van der Waals surface area contributed by atoms with Crippen molar-refractivity contribution < 1.29 is 4.74 Å². The van der Waals surface area contributed by atoms with Gasteiger partial charge in [0, 0.05) is 20.3 Å². The molecular formula is C9H11ClN4O2S.